The van der Waals surface area contributed by atoms with E-state index in [4.69, 9.17) is 27.9 Å². The van der Waals surface area contributed by atoms with E-state index in [1.165, 1.54) is 6.07 Å². The number of halogens is 2. The summed E-state index contributed by atoms with van der Waals surface area (Å²) in [4.78, 5) is 46.7. The molecule has 4 rings (SSSR count). The Labute approximate surface area is 175 Å². The van der Waals surface area contributed by atoms with Crippen LogP contribution in [0.2, 0.25) is 10.0 Å². The fraction of sp³-hybridized carbons (Fsp3) is 0.333. The van der Waals surface area contributed by atoms with Crippen molar-refractivity contribution in [3.8, 4) is 0 Å². The average Bonchev–Trinajstić information content (AvgIpc) is 2.70. The molecule has 1 saturated heterocycles. The molecule has 9 nitrogen and oxygen atoms in total. The fourth-order valence-corrected chi connectivity index (χ4v) is 3.61. The van der Waals surface area contributed by atoms with Gasteiger partial charge in [0.05, 0.1) is 34.7 Å². The van der Waals surface area contributed by atoms with Crippen LogP contribution in [0.4, 0.5) is 17.5 Å². The molecular weight excluding hydrogens is 421 g/mol. The summed E-state index contributed by atoms with van der Waals surface area (Å²) in [5.41, 5.74) is 0.0659. The highest BCUT2D eigenvalue weighted by Crippen LogP contribution is 2.31. The number of benzene rings is 1. The zero-order chi connectivity index (χ0) is 20.5. The third kappa shape index (κ3) is 4.07. The Kier molecular flexibility index (Phi) is 5.44. The van der Waals surface area contributed by atoms with Crippen molar-refractivity contribution in [2.75, 3.05) is 41.8 Å². The maximum Gasteiger partial charge on any atom is 0.258 e. The number of aromatic amines is 1. The first-order valence-corrected chi connectivity index (χ1v) is 9.70. The minimum atomic E-state index is -0.983. The van der Waals surface area contributed by atoms with E-state index in [1.807, 2.05) is 4.90 Å². The van der Waals surface area contributed by atoms with Crippen LogP contribution < -0.4 is 21.1 Å². The summed E-state index contributed by atoms with van der Waals surface area (Å²) in [6.07, 6.45) is -0.165. The number of anilines is 3. The number of carbonyl (C=O) groups is 2. The number of rotatable bonds is 3. The van der Waals surface area contributed by atoms with Gasteiger partial charge < -0.3 is 20.3 Å². The molecule has 1 atom stereocenters. The largest absolute Gasteiger partial charge is 0.378 e. The van der Waals surface area contributed by atoms with Gasteiger partial charge in [-0.2, -0.15) is 4.98 Å². The second kappa shape index (κ2) is 8.02. The van der Waals surface area contributed by atoms with Crippen molar-refractivity contribution < 1.29 is 14.3 Å². The lowest BCUT2D eigenvalue weighted by atomic mass is 9.92. The summed E-state index contributed by atoms with van der Waals surface area (Å²) in [6.45, 7) is 2.16. The van der Waals surface area contributed by atoms with Crippen molar-refractivity contribution in [1.29, 1.82) is 0 Å². The van der Waals surface area contributed by atoms with Crippen LogP contribution in [-0.2, 0) is 14.3 Å². The lowest BCUT2D eigenvalue weighted by Crippen LogP contribution is -2.41. The highest BCUT2D eigenvalue weighted by Gasteiger charge is 2.35. The van der Waals surface area contributed by atoms with E-state index in [0.29, 0.717) is 43.0 Å². The Morgan fingerprint density at radius 2 is 1.97 bits per heavy atom. The maximum absolute atomic E-state index is 12.8. The molecular formula is C18H17Cl2N5O4. The Morgan fingerprint density at radius 1 is 1.21 bits per heavy atom. The molecule has 2 aliphatic heterocycles. The quantitative estimate of drug-likeness (QED) is 0.675. The predicted molar refractivity (Wildman–Crippen MR) is 109 cm³/mol. The highest BCUT2D eigenvalue weighted by atomic mass is 35.5. The van der Waals surface area contributed by atoms with Crippen LogP contribution in [0.3, 0.4) is 0 Å². The second-order valence-corrected chi connectivity index (χ2v) is 7.49. The Balaban J connectivity index is 1.64. The van der Waals surface area contributed by atoms with Crippen molar-refractivity contribution in [2.45, 2.75) is 12.3 Å². The second-order valence-electron chi connectivity index (χ2n) is 6.67. The van der Waals surface area contributed by atoms with Gasteiger partial charge in [0.15, 0.2) is 0 Å². The molecule has 0 radical (unpaired) electrons. The first-order valence-electron chi connectivity index (χ1n) is 8.95. The molecule has 2 aromatic rings. The number of nitrogens with one attached hydrogen (secondary N) is 3. The summed E-state index contributed by atoms with van der Waals surface area (Å²) >= 11 is 11.9. The number of aromatic nitrogens is 2. The number of H-pyrrole nitrogens is 1. The molecule has 1 fully saturated rings. The van der Waals surface area contributed by atoms with Gasteiger partial charge in [0.1, 0.15) is 5.82 Å². The average molecular weight is 438 g/mol. The summed E-state index contributed by atoms with van der Waals surface area (Å²) < 4.78 is 5.30. The van der Waals surface area contributed by atoms with Crippen LogP contribution in [0.25, 0.3) is 0 Å². The summed E-state index contributed by atoms with van der Waals surface area (Å²) in [7, 11) is 0. The van der Waals surface area contributed by atoms with Gasteiger partial charge in [-0.25, -0.2) is 0 Å². The third-order valence-electron chi connectivity index (χ3n) is 4.75. The summed E-state index contributed by atoms with van der Waals surface area (Å²) in [5, 5.41) is 5.90. The number of nitrogens with zero attached hydrogens (tertiary/aromatic N) is 2. The molecule has 1 aromatic carbocycles. The van der Waals surface area contributed by atoms with Gasteiger partial charge in [0, 0.05) is 25.2 Å². The molecule has 152 valence electrons. The first kappa shape index (κ1) is 19.7. The van der Waals surface area contributed by atoms with Crippen LogP contribution in [0, 0.1) is 0 Å². The Hall–Kier alpha value is -2.62. The standard InChI is InChI=1S/C18H17Cl2N5O4/c19-11-2-1-9(7-12(11)20)21-16(27)10-8-13(26)22-15-14(10)17(28)24-18(23-15)25-3-5-29-6-4-25/h1-2,7,10H,3-6,8H2,(H,21,27)(H2,22,23,24,26,28)/t10-/m1/s1. The van der Waals surface area contributed by atoms with E-state index >= 15 is 0 Å². The highest BCUT2D eigenvalue weighted by molar-refractivity contribution is 6.42. The number of amides is 2. The lowest BCUT2D eigenvalue weighted by Gasteiger charge is -2.29. The van der Waals surface area contributed by atoms with Crippen LogP contribution in [0.15, 0.2) is 23.0 Å². The van der Waals surface area contributed by atoms with E-state index in [9.17, 15) is 14.4 Å². The van der Waals surface area contributed by atoms with E-state index in [2.05, 4.69) is 20.6 Å². The van der Waals surface area contributed by atoms with Crippen molar-refractivity contribution in [2.24, 2.45) is 0 Å². The smallest absolute Gasteiger partial charge is 0.258 e. The summed E-state index contributed by atoms with van der Waals surface area (Å²) in [5.74, 6) is -1.45. The topological polar surface area (TPSA) is 116 Å². The molecule has 0 bridgehead atoms. The first-order chi connectivity index (χ1) is 13.9. The molecule has 3 heterocycles. The van der Waals surface area contributed by atoms with Gasteiger partial charge in [0.25, 0.3) is 5.56 Å². The van der Waals surface area contributed by atoms with Crippen LogP contribution >= 0.6 is 23.2 Å². The van der Waals surface area contributed by atoms with Crippen LogP contribution in [-0.4, -0.2) is 48.1 Å². The SMILES string of the molecule is O=C1C[C@@H](C(=O)Nc2ccc(Cl)c(Cl)c2)c2c(nc(N3CCOCC3)[nH]c2=O)N1. The van der Waals surface area contributed by atoms with Gasteiger partial charge >= 0.3 is 0 Å². The van der Waals surface area contributed by atoms with Gasteiger partial charge in [-0.3, -0.25) is 19.4 Å². The van der Waals surface area contributed by atoms with E-state index < -0.39 is 23.3 Å². The van der Waals surface area contributed by atoms with E-state index in [-0.39, 0.29) is 22.8 Å². The molecule has 2 amide bonds. The normalized spacial score (nSPS) is 18.8. The minimum Gasteiger partial charge on any atom is -0.378 e. The third-order valence-corrected chi connectivity index (χ3v) is 5.49. The number of carbonyl (C=O) groups excluding carboxylic acids is 2. The molecule has 1 aromatic heterocycles. The fourth-order valence-electron chi connectivity index (χ4n) is 3.31. The van der Waals surface area contributed by atoms with Gasteiger partial charge in [0.2, 0.25) is 17.8 Å². The molecule has 3 N–H and O–H groups in total. The zero-order valence-electron chi connectivity index (χ0n) is 15.1. The number of ether oxygens (including phenoxy) is 1. The summed E-state index contributed by atoms with van der Waals surface area (Å²) in [6, 6.07) is 4.62. The molecule has 29 heavy (non-hydrogen) atoms. The van der Waals surface area contributed by atoms with Gasteiger partial charge in [-0.15, -0.1) is 0 Å². The minimum absolute atomic E-state index is 0.0979. The van der Waals surface area contributed by atoms with Crippen molar-refractivity contribution in [3.63, 3.8) is 0 Å². The number of hydrogen-bond donors (Lipinski definition) is 3. The van der Waals surface area contributed by atoms with Gasteiger partial charge in [-0.1, -0.05) is 23.2 Å². The lowest BCUT2D eigenvalue weighted by molar-refractivity contribution is -0.123. The van der Waals surface area contributed by atoms with E-state index in [0.717, 1.165) is 0 Å². The number of hydrogen-bond acceptors (Lipinski definition) is 6. The van der Waals surface area contributed by atoms with Crippen LogP contribution in [0.5, 0.6) is 0 Å². The van der Waals surface area contributed by atoms with Crippen molar-refractivity contribution >= 4 is 52.5 Å². The zero-order valence-corrected chi connectivity index (χ0v) is 16.6. The Bertz CT molecular complexity index is 1040. The Morgan fingerprint density at radius 3 is 2.69 bits per heavy atom. The number of morpholine rings is 1. The maximum atomic E-state index is 12.8. The van der Waals surface area contributed by atoms with Crippen molar-refractivity contribution in [3.05, 3.63) is 44.2 Å². The molecule has 11 heteroatoms. The molecule has 0 spiro atoms. The molecule has 0 unspecified atom stereocenters. The van der Waals surface area contributed by atoms with E-state index in [1.54, 1.807) is 12.1 Å². The van der Waals surface area contributed by atoms with Gasteiger partial charge in [-0.05, 0) is 18.2 Å². The number of fused-ring (bicyclic) bond motifs is 1. The monoisotopic (exact) mass is 437 g/mol. The van der Waals surface area contributed by atoms with Crippen LogP contribution in [0.1, 0.15) is 17.9 Å². The molecule has 0 saturated carbocycles. The predicted octanol–water partition coefficient (Wildman–Crippen LogP) is 1.98. The molecule has 0 aliphatic carbocycles. The molecule has 2 aliphatic rings. The van der Waals surface area contributed by atoms with Crippen molar-refractivity contribution in [1.82, 2.24) is 9.97 Å².